The maximum atomic E-state index is 12.8. The molecule has 0 radical (unpaired) electrons. The summed E-state index contributed by atoms with van der Waals surface area (Å²) in [6, 6.07) is 19.4. The Balaban J connectivity index is 1.32. The molecule has 0 aliphatic heterocycles. The fraction of sp³-hybridized carbons (Fsp3) is 0.154. The van der Waals surface area contributed by atoms with Crippen LogP contribution in [0.4, 0.5) is 0 Å². The van der Waals surface area contributed by atoms with E-state index < -0.39 is 5.97 Å². The van der Waals surface area contributed by atoms with Gasteiger partial charge in [0.15, 0.2) is 18.2 Å². The number of esters is 1. The Morgan fingerprint density at radius 2 is 1.81 bits per heavy atom. The van der Waals surface area contributed by atoms with Gasteiger partial charge in [0.2, 0.25) is 0 Å². The van der Waals surface area contributed by atoms with Crippen molar-refractivity contribution >= 4 is 11.8 Å². The van der Waals surface area contributed by atoms with Crippen LogP contribution in [0.25, 0.3) is 16.9 Å². The van der Waals surface area contributed by atoms with Crippen LogP contribution in [-0.4, -0.2) is 33.1 Å². The van der Waals surface area contributed by atoms with Gasteiger partial charge in [-0.25, -0.2) is 14.5 Å². The highest BCUT2D eigenvalue weighted by atomic mass is 16.5. The quantitative estimate of drug-likeness (QED) is 0.298. The second-order valence-corrected chi connectivity index (χ2v) is 7.66. The van der Waals surface area contributed by atoms with Crippen LogP contribution in [-0.2, 0) is 17.6 Å². The fourth-order valence-corrected chi connectivity index (χ4v) is 4.15. The second-order valence-electron chi connectivity index (χ2n) is 7.66. The van der Waals surface area contributed by atoms with Crippen LogP contribution in [0.1, 0.15) is 44.5 Å². The third-order valence-electron chi connectivity index (χ3n) is 5.74. The van der Waals surface area contributed by atoms with E-state index in [1.807, 2.05) is 49.4 Å². The minimum Gasteiger partial charge on any atom is -0.454 e. The standard InChI is InChI=1S/C26H21N3O3/c1-2-23-22(15-28-29(23)25-9-5-6-12-27-25)26(31)32-16-24(30)19-11-10-18-13-17-7-3-4-8-20(17)21(18)14-19/h3-12,14-15H,2,13,16H2,1H3. The van der Waals surface area contributed by atoms with Gasteiger partial charge in [0.05, 0.1) is 11.9 Å². The summed E-state index contributed by atoms with van der Waals surface area (Å²) in [6.45, 7) is 1.61. The van der Waals surface area contributed by atoms with Crippen molar-refractivity contribution < 1.29 is 14.3 Å². The van der Waals surface area contributed by atoms with Gasteiger partial charge in [-0.2, -0.15) is 5.10 Å². The van der Waals surface area contributed by atoms with E-state index in [-0.39, 0.29) is 12.4 Å². The Morgan fingerprint density at radius 1 is 1.00 bits per heavy atom. The summed E-state index contributed by atoms with van der Waals surface area (Å²) in [5.74, 6) is -0.178. The van der Waals surface area contributed by atoms with E-state index in [1.54, 1.807) is 16.9 Å². The molecule has 1 aliphatic rings. The third-order valence-corrected chi connectivity index (χ3v) is 5.74. The predicted octanol–water partition coefficient (Wildman–Crippen LogP) is 4.44. The van der Waals surface area contributed by atoms with Gasteiger partial charge in [-0.15, -0.1) is 0 Å². The van der Waals surface area contributed by atoms with E-state index in [1.165, 1.54) is 17.3 Å². The van der Waals surface area contributed by atoms with Crippen molar-refractivity contribution in [1.29, 1.82) is 0 Å². The molecule has 0 amide bonds. The van der Waals surface area contributed by atoms with E-state index in [4.69, 9.17) is 4.74 Å². The highest BCUT2D eigenvalue weighted by Crippen LogP contribution is 2.36. The summed E-state index contributed by atoms with van der Waals surface area (Å²) in [5.41, 5.74) is 6.26. The van der Waals surface area contributed by atoms with Gasteiger partial charge in [0.25, 0.3) is 0 Å². The Kier molecular flexibility index (Phi) is 5.11. The normalized spacial score (nSPS) is 11.7. The van der Waals surface area contributed by atoms with Gasteiger partial charge >= 0.3 is 5.97 Å². The van der Waals surface area contributed by atoms with Gasteiger partial charge in [0.1, 0.15) is 5.56 Å². The molecule has 0 unspecified atom stereocenters. The molecule has 0 N–H and O–H groups in total. The zero-order valence-electron chi connectivity index (χ0n) is 17.6. The van der Waals surface area contributed by atoms with Crippen LogP contribution < -0.4 is 0 Å². The first kappa shape index (κ1) is 19.9. The summed E-state index contributed by atoms with van der Waals surface area (Å²) >= 11 is 0. The first-order chi connectivity index (χ1) is 15.7. The van der Waals surface area contributed by atoms with Crippen LogP contribution in [0.3, 0.4) is 0 Å². The second kappa shape index (κ2) is 8.23. The SMILES string of the molecule is CCc1c(C(=O)OCC(=O)c2ccc3c(c2)-c2ccccc2C3)cnn1-c1ccccn1. The van der Waals surface area contributed by atoms with E-state index in [2.05, 4.69) is 22.2 Å². The summed E-state index contributed by atoms with van der Waals surface area (Å²) in [4.78, 5) is 29.8. The number of fused-ring (bicyclic) bond motifs is 3. The molecule has 2 aromatic carbocycles. The van der Waals surface area contributed by atoms with Crippen molar-refractivity contribution in [2.45, 2.75) is 19.8 Å². The number of pyridine rings is 1. The molecule has 5 rings (SSSR count). The van der Waals surface area contributed by atoms with Crippen molar-refractivity contribution in [3.63, 3.8) is 0 Å². The molecule has 0 saturated heterocycles. The number of rotatable bonds is 6. The van der Waals surface area contributed by atoms with Crippen molar-refractivity contribution in [2.75, 3.05) is 6.61 Å². The van der Waals surface area contributed by atoms with Crippen LogP contribution in [0.15, 0.2) is 73.1 Å². The Morgan fingerprint density at radius 3 is 2.62 bits per heavy atom. The molecule has 32 heavy (non-hydrogen) atoms. The third kappa shape index (κ3) is 3.50. The lowest BCUT2D eigenvalue weighted by molar-refractivity contribution is 0.0473. The number of aromatic nitrogens is 3. The van der Waals surface area contributed by atoms with Crippen molar-refractivity contribution in [3.05, 3.63) is 101 Å². The monoisotopic (exact) mass is 423 g/mol. The lowest BCUT2D eigenvalue weighted by Crippen LogP contribution is -2.15. The van der Waals surface area contributed by atoms with Crippen LogP contribution in [0, 0.1) is 0 Å². The smallest absolute Gasteiger partial charge is 0.342 e. The number of carbonyl (C=O) groups is 2. The number of benzene rings is 2. The van der Waals surface area contributed by atoms with Crippen LogP contribution in [0.5, 0.6) is 0 Å². The Hall–Kier alpha value is -4.06. The highest BCUT2D eigenvalue weighted by Gasteiger charge is 2.22. The molecular formula is C26H21N3O3. The van der Waals surface area contributed by atoms with Gasteiger partial charge in [-0.3, -0.25) is 4.79 Å². The first-order valence-electron chi connectivity index (χ1n) is 10.6. The molecule has 2 aromatic heterocycles. The number of hydrogen-bond donors (Lipinski definition) is 0. The van der Waals surface area contributed by atoms with Crippen LogP contribution in [0.2, 0.25) is 0 Å². The topological polar surface area (TPSA) is 74.1 Å². The molecule has 6 heteroatoms. The largest absolute Gasteiger partial charge is 0.454 e. The van der Waals surface area contributed by atoms with Crippen molar-refractivity contribution in [3.8, 4) is 16.9 Å². The number of Topliss-reactive ketones (excluding diaryl/α,β-unsaturated/α-hetero) is 1. The van der Waals surface area contributed by atoms with E-state index >= 15 is 0 Å². The van der Waals surface area contributed by atoms with Crippen molar-refractivity contribution in [1.82, 2.24) is 14.8 Å². The summed E-state index contributed by atoms with van der Waals surface area (Å²) in [7, 11) is 0. The first-order valence-corrected chi connectivity index (χ1v) is 10.6. The number of carbonyl (C=O) groups excluding carboxylic acids is 2. The summed E-state index contributed by atoms with van der Waals surface area (Å²) in [6.07, 6.45) is 4.57. The minimum absolute atomic E-state index is 0.235. The lowest BCUT2D eigenvalue weighted by Gasteiger charge is -2.08. The molecular weight excluding hydrogens is 402 g/mol. The molecule has 0 saturated carbocycles. The Bertz CT molecular complexity index is 1330. The highest BCUT2D eigenvalue weighted by molar-refractivity contribution is 6.01. The van der Waals surface area contributed by atoms with Gasteiger partial charge in [-0.1, -0.05) is 49.4 Å². The Labute approximate surface area is 185 Å². The average Bonchev–Trinajstić information content (AvgIpc) is 3.44. The maximum absolute atomic E-state index is 12.8. The molecule has 0 atom stereocenters. The predicted molar refractivity (Wildman–Crippen MR) is 120 cm³/mol. The fourth-order valence-electron chi connectivity index (χ4n) is 4.15. The maximum Gasteiger partial charge on any atom is 0.342 e. The molecule has 0 bridgehead atoms. The lowest BCUT2D eigenvalue weighted by atomic mass is 10.0. The van der Waals surface area contributed by atoms with E-state index in [0.29, 0.717) is 29.1 Å². The number of ether oxygens (including phenoxy) is 1. The molecule has 6 nitrogen and oxygen atoms in total. The zero-order chi connectivity index (χ0) is 22.1. The van der Waals surface area contributed by atoms with E-state index in [0.717, 1.165) is 17.5 Å². The number of nitrogens with zero attached hydrogens (tertiary/aromatic N) is 3. The zero-order valence-corrected chi connectivity index (χ0v) is 17.6. The molecule has 2 heterocycles. The number of hydrogen-bond acceptors (Lipinski definition) is 5. The van der Waals surface area contributed by atoms with E-state index in [9.17, 15) is 9.59 Å². The average molecular weight is 423 g/mol. The molecule has 0 fully saturated rings. The molecule has 158 valence electrons. The molecule has 4 aromatic rings. The number of ketones is 1. The molecule has 1 aliphatic carbocycles. The minimum atomic E-state index is -0.566. The van der Waals surface area contributed by atoms with Gasteiger partial charge in [-0.05, 0) is 53.3 Å². The van der Waals surface area contributed by atoms with Crippen LogP contribution >= 0.6 is 0 Å². The summed E-state index contributed by atoms with van der Waals surface area (Å²) < 4.78 is 6.98. The van der Waals surface area contributed by atoms with Gasteiger partial charge in [0, 0.05) is 11.8 Å². The van der Waals surface area contributed by atoms with Gasteiger partial charge < -0.3 is 4.74 Å². The van der Waals surface area contributed by atoms with Crippen molar-refractivity contribution in [2.24, 2.45) is 0 Å². The summed E-state index contributed by atoms with van der Waals surface area (Å²) in [5, 5.41) is 4.29. The molecule has 0 spiro atoms.